The molecule has 0 aliphatic carbocycles. The van der Waals surface area contributed by atoms with Gasteiger partial charge in [-0.3, -0.25) is 19.7 Å². The van der Waals surface area contributed by atoms with Crippen LogP contribution in [0, 0.1) is 0 Å². The van der Waals surface area contributed by atoms with E-state index in [0.717, 1.165) is 0 Å². The van der Waals surface area contributed by atoms with Crippen LogP contribution in [-0.4, -0.2) is 30.0 Å². The summed E-state index contributed by atoms with van der Waals surface area (Å²) in [6.07, 6.45) is -0.135. The van der Waals surface area contributed by atoms with Crippen molar-refractivity contribution in [3.63, 3.8) is 0 Å². The highest BCUT2D eigenvalue weighted by Crippen LogP contribution is 2.25. The lowest BCUT2D eigenvalue weighted by molar-refractivity contribution is -0.144. The third-order valence-corrected chi connectivity index (χ3v) is 3.84. The van der Waals surface area contributed by atoms with Gasteiger partial charge in [0.1, 0.15) is 18.1 Å². The van der Waals surface area contributed by atoms with Crippen molar-refractivity contribution >= 4 is 17.8 Å². The van der Waals surface area contributed by atoms with Gasteiger partial charge < -0.3 is 14.6 Å². The zero-order valence-electron chi connectivity index (χ0n) is 13.4. The van der Waals surface area contributed by atoms with Crippen LogP contribution in [0.4, 0.5) is 0 Å². The summed E-state index contributed by atoms with van der Waals surface area (Å²) in [4.78, 5) is 35.6. The van der Waals surface area contributed by atoms with Crippen molar-refractivity contribution in [1.82, 2.24) is 5.32 Å². The van der Waals surface area contributed by atoms with Crippen LogP contribution >= 0.6 is 0 Å². The van der Waals surface area contributed by atoms with Gasteiger partial charge in [0.25, 0.3) is 11.8 Å². The lowest BCUT2D eigenvalue weighted by Gasteiger charge is -2.10. The summed E-state index contributed by atoms with van der Waals surface area (Å²) < 4.78 is 10.3. The number of carbonyl (C=O) groups is 3. The molecule has 0 radical (unpaired) electrons. The van der Waals surface area contributed by atoms with E-state index in [1.54, 1.807) is 18.2 Å². The monoisotopic (exact) mass is 341 g/mol. The second kappa shape index (κ2) is 6.64. The van der Waals surface area contributed by atoms with E-state index < -0.39 is 17.8 Å². The number of phenolic OH excluding ortho intramolecular Hbond substituents is 1. The third kappa shape index (κ3) is 3.30. The molecule has 2 aromatic carbocycles. The fourth-order valence-electron chi connectivity index (χ4n) is 2.66. The van der Waals surface area contributed by atoms with Crippen molar-refractivity contribution in [2.75, 3.05) is 7.11 Å². The maximum atomic E-state index is 12.1. The van der Waals surface area contributed by atoms with Gasteiger partial charge in [0, 0.05) is 11.6 Å². The van der Waals surface area contributed by atoms with Gasteiger partial charge in [-0.15, -0.1) is 0 Å². The van der Waals surface area contributed by atoms with Crippen LogP contribution in [-0.2, 0) is 22.6 Å². The van der Waals surface area contributed by atoms with E-state index >= 15 is 0 Å². The molecule has 2 amide bonds. The number of esters is 1. The molecule has 0 spiro atoms. The van der Waals surface area contributed by atoms with E-state index in [-0.39, 0.29) is 29.9 Å². The highest BCUT2D eigenvalue weighted by atomic mass is 16.5. The topological polar surface area (TPSA) is 102 Å². The van der Waals surface area contributed by atoms with E-state index in [9.17, 15) is 19.5 Å². The quantitative estimate of drug-likeness (QED) is 0.632. The summed E-state index contributed by atoms with van der Waals surface area (Å²) in [6, 6.07) is 9.23. The molecule has 1 heterocycles. The SMILES string of the molecule is COc1cc(O)ccc1COC(=O)Cc1cccc2c1C(=O)NC2=O. The second-order valence-electron chi connectivity index (χ2n) is 5.46. The lowest BCUT2D eigenvalue weighted by atomic mass is 10.0. The highest BCUT2D eigenvalue weighted by molar-refractivity contribution is 6.22. The molecule has 0 saturated carbocycles. The van der Waals surface area contributed by atoms with Crippen molar-refractivity contribution in [2.45, 2.75) is 13.0 Å². The number of hydrogen-bond acceptors (Lipinski definition) is 6. The number of amides is 2. The highest BCUT2D eigenvalue weighted by Gasteiger charge is 2.29. The number of imide groups is 1. The molecule has 0 saturated heterocycles. The zero-order chi connectivity index (χ0) is 18.0. The zero-order valence-corrected chi connectivity index (χ0v) is 13.4. The van der Waals surface area contributed by atoms with E-state index in [2.05, 4.69) is 5.32 Å². The van der Waals surface area contributed by atoms with Gasteiger partial charge in [-0.1, -0.05) is 12.1 Å². The van der Waals surface area contributed by atoms with Crippen LogP contribution in [0.15, 0.2) is 36.4 Å². The smallest absolute Gasteiger partial charge is 0.310 e. The van der Waals surface area contributed by atoms with Gasteiger partial charge in [-0.05, 0) is 23.8 Å². The molecule has 128 valence electrons. The molecule has 7 nitrogen and oxygen atoms in total. The summed E-state index contributed by atoms with van der Waals surface area (Å²) >= 11 is 0. The first-order chi connectivity index (χ1) is 12.0. The molecule has 0 aromatic heterocycles. The Kier molecular flexibility index (Phi) is 4.38. The Morgan fingerprint density at radius 2 is 1.92 bits per heavy atom. The Morgan fingerprint density at radius 3 is 2.68 bits per heavy atom. The maximum Gasteiger partial charge on any atom is 0.310 e. The van der Waals surface area contributed by atoms with Crippen LogP contribution < -0.4 is 10.1 Å². The fourth-order valence-corrected chi connectivity index (χ4v) is 2.66. The first-order valence-electron chi connectivity index (χ1n) is 7.48. The van der Waals surface area contributed by atoms with E-state index in [0.29, 0.717) is 16.9 Å². The van der Waals surface area contributed by atoms with Crippen LogP contribution in [0.5, 0.6) is 11.5 Å². The van der Waals surface area contributed by atoms with Crippen molar-refractivity contribution in [1.29, 1.82) is 0 Å². The molecular formula is C18H15NO6. The molecule has 0 bridgehead atoms. The summed E-state index contributed by atoms with van der Waals surface area (Å²) in [5.74, 6) is -1.08. The average Bonchev–Trinajstić information content (AvgIpc) is 2.89. The summed E-state index contributed by atoms with van der Waals surface area (Å²) in [6.45, 7) is -0.0392. The van der Waals surface area contributed by atoms with Crippen molar-refractivity contribution in [2.24, 2.45) is 0 Å². The number of aromatic hydroxyl groups is 1. The minimum atomic E-state index is -0.546. The fraction of sp³-hybridized carbons (Fsp3) is 0.167. The predicted molar refractivity (Wildman–Crippen MR) is 86.4 cm³/mol. The molecule has 7 heteroatoms. The average molecular weight is 341 g/mol. The minimum absolute atomic E-state index is 0.0392. The molecule has 2 aromatic rings. The molecule has 3 rings (SSSR count). The number of ether oxygens (including phenoxy) is 2. The Labute approximate surface area is 143 Å². The molecule has 1 aliphatic heterocycles. The molecule has 0 fully saturated rings. The maximum absolute atomic E-state index is 12.1. The Morgan fingerprint density at radius 1 is 1.12 bits per heavy atom. The molecule has 0 unspecified atom stereocenters. The van der Waals surface area contributed by atoms with E-state index in [1.165, 1.54) is 25.3 Å². The van der Waals surface area contributed by atoms with Gasteiger partial charge in [-0.2, -0.15) is 0 Å². The van der Waals surface area contributed by atoms with E-state index in [4.69, 9.17) is 9.47 Å². The lowest BCUT2D eigenvalue weighted by Crippen LogP contribution is -2.20. The second-order valence-corrected chi connectivity index (χ2v) is 5.46. The predicted octanol–water partition coefficient (Wildman–Crippen LogP) is 1.57. The minimum Gasteiger partial charge on any atom is -0.508 e. The van der Waals surface area contributed by atoms with Crippen LogP contribution in [0.1, 0.15) is 31.8 Å². The number of benzene rings is 2. The largest absolute Gasteiger partial charge is 0.508 e. The number of nitrogens with one attached hydrogen (secondary N) is 1. The van der Waals surface area contributed by atoms with Crippen LogP contribution in [0.3, 0.4) is 0 Å². The first kappa shape index (κ1) is 16.5. The molecule has 1 aliphatic rings. The standard InChI is InChI=1S/C18H15NO6/c1-24-14-8-12(20)6-5-11(14)9-25-15(21)7-10-3-2-4-13-16(10)18(23)19-17(13)22/h2-6,8,20H,7,9H2,1H3,(H,19,22,23). The van der Waals surface area contributed by atoms with Gasteiger partial charge in [0.05, 0.1) is 24.7 Å². The normalized spacial score (nSPS) is 12.5. The van der Waals surface area contributed by atoms with Crippen molar-refractivity contribution in [3.8, 4) is 11.5 Å². The number of hydrogen-bond donors (Lipinski definition) is 2. The van der Waals surface area contributed by atoms with Gasteiger partial charge in [0.2, 0.25) is 0 Å². The van der Waals surface area contributed by atoms with E-state index in [1.807, 2.05) is 0 Å². The number of fused-ring (bicyclic) bond motifs is 1. The number of rotatable bonds is 5. The molecule has 2 N–H and O–H groups in total. The summed E-state index contributed by atoms with van der Waals surface area (Å²) in [5.41, 5.74) is 1.51. The number of phenols is 1. The van der Waals surface area contributed by atoms with Crippen LogP contribution in [0.2, 0.25) is 0 Å². The molecule has 25 heavy (non-hydrogen) atoms. The Bertz CT molecular complexity index is 874. The molecular weight excluding hydrogens is 326 g/mol. The van der Waals surface area contributed by atoms with Gasteiger partial charge in [0.15, 0.2) is 0 Å². The third-order valence-electron chi connectivity index (χ3n) is 3.84. The van der Waals surface area contributed by atoms with Gasteiger partial charge in [-0.25, -0.2) is 0 Å². The summed E-state index contributed by atoms with van der Waals surface area (Å²) in [7, 11) is 1.45. The Hall–Kier alpha value is -3.35. The number of methoxy groups -OCH3 is 1. The van der Waals surface area contributed by atoms with Crippen molar-refractivity contribution < 1.29 is 29.0 Å². The van der Waals surface area contributed by atoms with Gasteiger partial charge >= 0.3 is 5.97 Å². The van der Waals surface area contributed by atoms with Crippen molar-refractivity contribution in [3.05, 3.63) is 58.7 Å². The Balaban J connectivity index is 1.71. The molecule has 0 atom stereocenters. The first-order valence-corrected chi connectivity index (χ1v) is 7.48. The number of carbonyl (C=O) groups excluding carboxylic acids is 3. The summed E-state index contributed by atoms with van der Waals surface area (Å²) in [5, 5.41) is 11.6. The van der Waals surface area contributed by atoms with Crippen LogP contribution in [0.25, 0.3) is 0 Å².